The van der Waals surface area contributed by atoms with Gasteiger partial charge in [-0.2, -0.15) is 4.98 Å². The number of hydrogen-bond donors (Lipinski definition) is 1. The number of hydrogen-bond acceptors (Lipinski definition) is 4. The topological polar surface area (TPSA) is 75.0 Å². The van der Waals surface area contributed by atoms with Crippen LogP contribution < -0.4 is 4.90 Å². The number of halogens is 2. The zero-order valence-corrected chi connectivity index (χ0v) is 15.3. The molecule has 5 rings (SSSR count). The molecule has 1 aliphatic rings. The van der Waals surface area contributed by atoms with Crippen molar-refractivity contribution >= 4 is 34.1 Å². The third-order valence-corrected chi connectivity index (χ3v) is 5.19. The first-order valence-electron chi connectivity index (χ1n) is 8.75. The van der Waals surface area contributed by atoms with Crippen molar-refractivity contribution in [3.8, 4) is 11.5 Å². The molecular formula is C20H14ClFN4O2. The molecule has 1 unspecified atom stereocenters. The molecule has 0 saturated carbocycles. The summed E-state index contributed by atoms with van der Waals surface area (Å²) >= 11 is 5.96. The lowest BCUT2D eigenvalue weighted by atomic mass is 10.1. The third-order valence-electron chi connectivity index (χ3n) is 4.96. The normalized spacial score (nSPS) is 17.0. The van der Waals surface area contributed by atoms with Crippen LogP contribution in [0.1, 0.15) is 18.2 Å². The predicted molar refractivity (Wildman–Crippen MR) is 103 cm³/mol. The molecule has 1 atom stereocenters. The summed E-state index contributed by atoms with van der Waals surface area (Å²) in [5.41, 5.74) is 1.95. The first-order valence-corrected chi connectivity index (χ1v) is 9.13. The van der Waals surface area contributed by atoms with E-state index in [1.165, 1.54) is 23.1 Å². The summed E-state index contributed by atoms with van der Waals surface area (Å²) in [6.45, 7) is 0.267. The van der Waals surface area contributed by atoms with Crippen LogP contribution in [0.3, 0.4) is 0 Å². The van der Waals surface area contributed by atoms with Gasteiger partial charge < -0.3 is 14.4 Å². The van der Waals surface area contributed by atoms with E-state index in [9.17, 15) is 9.18 Å². The lowest BCUT2D eigenvalue weighted by Gasteiger charge is -2.17. The van der Waals surface area contributed by atoms with Crippen molar-refractivity contribution in [1.29, 1.82) is 0 Å². The minimum Gasteiger partial charge on any atom is -0.361 e. The Kier molecular flexibility index (Phi) is 3.91. The zero-order chi connectivity index (χ0) is 19.3. The Balaban J connectivity index is 1.45. The SMILES string of the molecule is O=C1CC(c2noc(-c3cccc4[nH]ccc34)n2)CN1c1cc(Cl)ccc1F. The van der Waals surface area contributed by atoms with Crippen LogP contribution in [0, 0.1) is 5.82 Å². The van der Waals surface area contributed by atoms with Gasteiger partial charge in [0.05, 0.1) is 5.69 Å². The summed E-state index contributed by atoms with van der Waals surface area (Å²) in [6, 6.07) is 11.9. The number of nitrogens with one attached hydrogen (secondary N) is 1. The highest BCUT2D eigenvalue weighted by Gasteiger charge is 2.36. The average Bonchev–Trinajstić information content (AvgIpc) is 3.42. The number of nitrogens with zero attached hydrogens (tertiary/aromatic N) is 3. The van der Waals surface area contributed by atoms with Gasteiger partial charge in [-0.25, -0.2) is 4.39 Å². The van der Waals surface area contributed by atoms with Gasteiger partial charge in [-0.05, 0) is 36.4 Å². The van der Waals surface area contributed by atoms with Gasteiger partial charge in [-0.15, -0.1) is 0 Å². The van der Waals surface area contributed by atoms with Crippen LogP contribution >= 0.6 is 11.6 Å². The highest BCUT2D eigenvalue weighted by molar-refractivity contribution is 6.31. The number of H-pyrrole nitrogens is 1. The second-order valence-corrected chi connectivity index (χ2v) is 7.14. The van der Waals surface area contributed by atoms with Crippen LogP contribution in [0.5, 0.6) is 0 Å². The van der Waals surface area contributed by atoms with Crippen LogP contribution in [0.2, 0.25) is 5.02 Å². The van der Waals surface area contributed by atoms with E-state index >= 15 is 0 Å². The quantitative estimate of drug-likeness (QED) is 0.552. The van der Waals surface area contributed by atoms with E-state index in [0.717, 1.165) is 16.5 Å². The Morgan fingerprint density at radius 3 is 3.04 bits per heavy atom. The molecule has 1 saturated heterocycles. The highest BCUT2D eigenvalue weighted by atomic mass is 35.5. The molecule has 4 aromatic rings. The number of aromatic nitrogens is 3. The number of fused-ring (bicyclic) bond motifs is 1. The van der Waals surface area contributed by atoms with Gasteiger partial charge in [0.1, 0.15) is 5.82 Å². The van der Waals surface area contributed by atoms with Gasteiger partial charge in [-0.1, -0.05) is 22.8 Å². The largest absolute Gasteiger partial charge is 0.361 e. The number of aromatic amines is 1. The Morgan fingerprint density at radius 2 is 2.14 bits per heavy atom. The molecule has 1 fully saturated rings. The van der Waals surface area contributed by atoms with E-state index in [1.807, 2.05) is 30.5 Å². The van der Waals surface area contributed by atoms with Gasteiger partial charge in [0.15, 0.2) is 5.82 Å². The third kappa shape index (κ3) is 2.75. The van der Waals surface area contributed by atoms with E-state index in [0.29, 0.717) is 16.7 Å². The van der Waals surface area contributed by atoms with E-state index in [-0.39, 0.29) is 30.5 Å². The maximum atomic E-state index is 14.2. The fraction of sp³-hybridized carbons (Fsp3) is 0.150. The van der Waals surface area contributed by atoms with Crippen molar-refractivity contribution in [2.24, 2.45) is 0 Å². The molecule has 6 nitrogen and oxygen atoms in total. The highest BCUT2D eigenvalue weighted by Crippen LogP contribution is 2.34. The molecule has 2 aromatic heterocycles. The number of carbonyl (C=O) groups excluding carboxylic acids is 1. The molecule has 0 aliphatic carbocycles. The first kappa shape index (κ1) is 16.9. The van der Waals surface area contributed by atoms with Crippen molar-refractivity contribution in [3.63, 3.8) is 0 Å². The molecule has 28 heavy (non-hydrogen) atoms. The van der Waals surface area contributed by atoms with Crippen LogP contribution in [0.25, 0.3) is 22.4 Å². The van der Waals surface area contributed by atoms with Gasteiger partial charge in [-0.3, -0.25) is 4.79 Å². The van der Waals surface area contributed by atoms with E-state index in [1.54, 1.807) is 0 Å². The van der Waals surface area contributed by atoms with Crippen LogP contribution in [-0.2, 0) is 4.79 Å². The van der Waals surface area contributed by atoms with Gasteiger partial charge >= 0.3 is 0 Å². The van der Waals surface area contributed by atoms with E-state index in [2.05, 4.69) is 15.1 Å². The molecule has 2 aromatic carbocycles. The zero-order valence-electron chi connectivity index (χ0n) is 14.5. The smallest absolute Gasteiger partial charge is 0.258 e. The van der Waals surface area contributed by atoms with E-state index < -0.39 is 5.82 Å². The lowest BCUT2D eigenvalue weighted by molar-refractivity contribution is -0.117. The molecular weight excluding hydrogens is 383 g/mol. The summed E-state index contributed by atoms with van der Waals surface area (Å²) in [4.78, 5) is 21.5. The summed E-state index contributed by atoms with van der Waals surface area (Å²) in [5.74, 6) is -0.161. The number of rotatable bonds is 3. The predicted octanol–water partition coefficient (Wildman–Crippen LogP) is 4.53. The molecule has 0 radical (unpaired) electrons. The van der Waals surface area contributed by atoms with Crippen molar-refractivity contribution in [3.05, 3.63) is 65.3 Å². The lowest BCUT2D eigenvalue weighted by Crippen LogP contribution is -2.25. The monoisotopic (exact) mass is 396 g/mol. The van der Waals surface area contributed by atoms with Gasteiger partial charge in [0.2, 0.25) is 5.91 Å². The van der Waals surface area contributed by atoms with Crippen molar-refractivity contribution < 1.29 is 13.7 Å². The van der Waals surface area contributed by atoms with Crippen molar-refractivity contribution in [2.75, 3.05) is 11.4 Å². The number of amides is 1. The number of anilines is 1. The Labute approximate surface area is 163 Å². The standard InChI is InChI=1S/C20H14ClFN4O2/c21-12-4-5-15(22)17(9-12)26-10-11(8-18(26)27)19-24-20(28-25-19)14-2-1-3-16-13(14)6-7-23-16/h1-7,9,11,23H,8,10H2. The Bertz CT molecular complexity index is 1200. The molecule has 0 spiro atoms. The fourth-order valence-electron chi connectivity index (χ4n) is 3.59. The summed E-state index contributed by atoms with van der Waals surface area (Å²) in [5, 5.41) is 5.42. The summed E-state index contributed by atoms with van der Waals surface area (Å²) in [7, 11) is 0. The van der Waals surface area contributed by atoms with Crippen molar-refractivity contribution in [2.45, 2.75) is 12.3 Å². The fourth-order valence-corrected chi connectivity index (χ4v) is 3.75. The Morgan fingerprint density at radius 1 is 1.25 bits per heavy atom. The molecule has 140 valence electrons. The summed E-state index contributed by atoms with van der Waals surface area (Å²) < 4.78 is 19.6. The maximum Gasteiger partial charge on any atom is 0.258 e. The van der Waals surface area contributed by atoms with Crippen LogP contribution in [0.4, 0.5) is 10.1 Å². The molecule has 1 N–H and O–H groups in total. The average molecular weight is 397 g/mol. The molecule has 8 heteroatoms. The Hall–Kier alpha value is -3.19. The number of carbonyl (C=O) groups is 1. The molecule has 3 heterocycles. The molecule has 0 bridgehead atoms. The van der Waals surface area contributed by atoms with Crippen LogP contribution in [0.15, 0.2) is 53.2 Å². The van der Waals surface area contributed by atoms with Gasteiger partial charge in [0.25, 0.3) is 5.89 Å². The van der Waals surface area contributed by atoms with Crippen LogP contribution in [-0.4, -0.2) is 27.6 Å². The van der Waals surface area contributed by atoms with E-state index in [4.69, 9.17) is 16.1 Å². The first-order chi connectivity index (χ1) is 13.6. The molecule has 1 aliphatic heterocycles. The number of benzene rings is 2. The van der Waals surface area contributed by atoms with Gasteiger partial charge in [0, 0.05) is 46.6 Å². The minimum atomic E-state index is -0.494. The second-order valence-electron chi connectivity index (χ2n) is 6.70. The second kappa shape index (κ2) is 6.45. The minimum absolute atomic E-state index is 0.167. The summed E-state index contributed by atoms with van der Waals surface area (Å²) in [6.07, 6.45) is 2.03. The molecule has 1 amide bonds. The van der Waals surface area contributed by atoms with Crippen molar-refractivity contribution in [1.82, 2.24) is 15.1 Å². The maximum absolute atomic E-state index is 14.2.